The number of nitro groups is 2. The second-order valence-electron chi connectivity index (χ2n) is 2.17. The highest BCUT2D eigenvalue weighted by atomic mass is 16.9. The fourth-order valence-electron chi connectivity index (χ4n) is 0.772. The van der Waals surface area contributed by atoms with Crippen LogP contribution in [0.1, 0.15) is 0 Å². The number of hydrogen-bond acceptors (Lipinski definition) is 7. The van der Waals surface area contributed by atoms with Crippen molar-refractivity contribution in [1.82, 2.24) is 0 Å². The number of ether oxygens (including phenoxy) is 1. The lowest BCUT2D eigenvalue weighted by Crippen LogP contribution is -2.42. The lowest BCUT2D eigenvalue weighted by atomic mass is 10.3. The number of nitrogens with zero attached hydrogens (tertiary/aromatic N) is 2. The Morgan fingerprint density at radius 3 is 1.83 bits per heavy atom. The molecule has 0 spiro atoms. The minimum atomic E-state index is -3.10. The molecular weight excluding hydrogens is 176 g/mol. The molecule has 1 saturated heterocycles. The van der Waals surface area contributed by atoms with Crippen molar-refractivity contribution in [1.29, 1.82) is 0 Å². The Labute approximate surface area is 64.5 Å². The SMILES string of the molecule is O=[N+]([O-])C1([N+](=O)[O-])OC1(O)CO. The summed E-state index contributed by atoms with van der Waals surface area (Å²) in [5.74, 6) is -5.79. The molecule has 9 heteroatoms. The molecule has 0 saturated carbocycles. The van der Waals surface area contributed by atoms with Crippen LogP contribution in [0.3, 0.4) is 0 Å². The van der Waals surface area contributed by atoms with E-state index in [0.29, 0.717) is 0 Å². The molecule has 0 bridgehead atoms. The van der Waals surface area contributed by atoms with Crippen LogP contribution in [0.25, 0.3) is 0 Å². The molecule has 0 aromatic heterocycles. The maximum atomic E-state index is 10.1. The van der Waals surface area contributed by atoms with E-state index in [1.807, 2.05) is 0 Å². The first kappa shape index (κ1) is 8.77. The van der Waals surface area contributed by atoms with Gasteiger partial charge in [-0.15, -0.1) is 0 Å². The monoisotopic (exact) mass is 180 g/mol. The molecule has 12 heavy (non-hydrogen) atoms. The van der Waals surface area contributed by atoms with Crippen LogP contribution in [0.2, 0.25) is 0 Å². The molecule has 1 rings (SSSR count). The average molecular weight is 180 g/mol. The van der Waals surface area contributed by atoms with E-state index in [0.717, 1.165) is 0 Å². The first-order valence-corrected chi connectivity index (χ1v) is 2.73. The quantitative estimate of drug-likeness (QED) is 0.219. The molecule has 68 valence electrons. The summed E-state index contributed by atoms with van der Waals surface area (Å²) in [7, 11) is 0. The number of aliphatic hydroxyl groups excluding tert-OH is 1. The number of epoxide rings is 1. The molecular formula is C3H4N2O7. The predicted molar refractivity (Wildman–Crippen MR) is 29.8 cm³/mol. The van der Waals surface area contributed by atoms with Crippen molar-refractivity contribution in [3.8, 4) is 0 Å². The summed E-state index contributed by atoms with van der Waals surface area (Å²) >= 11 is 0. The van der Waals surface area contributed by atoms with E-state index in [1.165, 1.54) is 0 Å². The standard InChI is InChI=1S/C3H4N2O7/c6-1-2(7)3(12-2,4(8)9)5(10)11/h6-7H,1H2. The van der Waals surface area contributed by atoms with Crippen LogP contribution in [-0.4, -0.2) is 38.3 Å². The van der Waals surface area contributed by atoms with Gasteiger partial charge in [0.2, 0.25) is 0 Å². The maximum Gasteiger partial charge on any atom is 0.639 e. The molecule has 0 aromatic carbocycles. The fourth-order valence-corrected chi connectivity index (χ4v) is 0.772. The highest BCUT2D eigenvalue weighted by Gasteiger charge is 2.95. The van der Waals surface area contributed by atoms with Gasteiger partial charge in [0, 0.05) is 0 Å². The van der Waals surface area contributed by atoms with Crippen LogP contribution in [0.4, 0.5) is 0 Å². The number of aliphatic hydroxyl groups is 2. The van der Waals surface area contributed by atoms with Crippen LogP contribution < -0.4 is 0 Å². The van der Waals surface area contributed by atoms with Gasteiger partial charge in [0.05, 0.1) is 0 Å². The van der Waals surface area contributed by atoms with E-state index in [9.17, 15) is 20.2 Å². The Kier molecular flexibility index (Phi) is 1.53. The van der Waals surface area contributed by atoms with Gasteiger partial charge in [-0.05, 0) is 0 Å². The Hall–Kier alpha value is -1.32. The molecule has 1 unspecified atom stereocenters. The fraction of sp³-hybridized carbons (Fsp3) is 1.00. The van der Waals surface area contributed by atoms with Crippen molar-refractivity contribution in [3.63, 3.8) is 0 Å². The Bertz CT molecular complexity index is 237. The van der Waals surface area contributed by atoms with Crippen LogP contribution in [0.15, 0.2) is 0 Å². The molecule has 1 heterocycles. The van der Waals surface area contributed by atoms with Crippen molar-refractivity contribution >= 4 is 0 Å². The lowest BCUT2D eigenvalue weighted by Gasteiger charge is -1.96. The van der Waals surface area contributed by atoms with Crippen LogP contribution >= 0.6 is 0 Å². The number of hydrogen-bond donors (Lipinski definition) is 2. The summed E-state index contributed by atoms with van der Waals surface area (Å²) in [6.45, 7) is -1.20. The molecule has 0 amide bonds. The normalized spacial score (nSPS) is 31.2. The van der Waals surface area contributed by atoms with Gasteiger partial charge in [0.25, 0.3) is 0 Å². The predicted octanol–water partition coefficient (Wildman–Crippen LogP) is -2.10. The zero-order valence-corrected chi connectivity index (χ0v) is 5.54. The zero-order chi connectivity index (χ0) is 9.57. The lowest BCUT2D eigenvalue weighted by molar-refractivity contribution is -0.792. The topological polar surface area (TPSA) is 139 Å². The van der Waals surface area contributed by atoms with E-state index >= 15 is 0 Å². The molecule has 1 aliphatic rings. The number of rotatable bonds is 3. The summed E-state index contributed by atoms with van der Waals surface area (Å²) in [4.78, 5) is 17.3. The van der Waals surface area contributed by atoms with Gasteiger partial charge in [0.15, 0.2) is 0 Å². The zero-order valence-electron chi connectivity index (χ0n) is 5.54. The van der Waals surface area contributed by atoms with Gasteiger partial charge in [-0.3, -0.25) is 20.2 Å². The minimum absolute atomic E-state index is 1.20. The summed E-state index contributed by atoms with van der Waals surface area (Å²) in [5.41, 5.74) is 0. The molecule has 2 N–H and O–H groups in total. The molecule has 1 aliphatic heterocycles. The van der Waals surface area contributed by atoms with E-state index in [2.05, 4.69) is 4.74 Å². The third-order valence-corrected chi connectivity index (χ3v) is 1.49. The van der Waals surface area contributed by atoms with Crippen molar-refractivity contribution in [2.24, 2.45) is 0 Å². The summed E-state index contributed by atoms with van der Waals surface area (Å²) in [6.07, 6.45) is 0. The minimum Gasteiger partial charge on any atom is -0.390 e. The average Bonchev–Trinajstić information content (AvgIpc) is 2.59. The Balaban J connectivity index is 2.97. The van der Waals surface area contributed by atoms with Gasteiger partial charge >= 0.3 is 11.6 Å². The summed E-state index contributed by atoms with van der Waals surface area (Å²) < 4.78 is 3.87. The largest absolute Gasteiger partial charge is 0.639 e. The van der Waals surface area contributed by atoms with Crippen molar-refractivity contribution in [3.05, 3.63) is 20.2 Å². The van der Waals surface area contributed by atoms with Crippen molar-refractivity contribution < 1.29 is 24.8 Å². The third-order valence-electron chi connectivity index (χ3n) is 1.49. The van der Waals surface area contributed by atoms with Crippen LogP contribution in [-0.2, 0) is 4.74 Å². The second-order valence-corrected chi connectivity index (χ2v) is 2.17. The highest BCUT2D eigenvalue weighted by Crippen LogP contribution is 2.46. The Morgan fingerprint density at radius 1 is 1.33 bits per heavy atom. The first-order chi connectivity index (χ1) is 5.40. The molecule has 1 atom stereocenters. The van der Waals surface area contributed by atoms with Crippen LogP contribution in [0.5, 0.6) is 0 Å². The second kappa shape index (κ2) is 2.09. The molecule has 0 aromatic rings. The van der Waals surface area contributed by atoms with Gasteiger partial charge in [0.1, 0.15) is 16.5 Å². The molecule has 9 nitrogen and oxygen atoms in total. The van der Waals surface area contributed by atoms with Gasteiger partial charge in [-0.25, -0.2) is 0 Å². The Morgan fingerprint density at radius 2 is 1.75 bits per heavy atom. The smallest absolute Gasteiger partial charge is 0.390 e. The van der Waals surface area contributed by atoms with E-state index in [4.69, 9.17) is 10.2 Å². The molecule has 1 fully saturated rings. The highest BCUT2D eigenvalue weighted by molar-refractivity contribution is 4.92. The first-order valence-electron chi connectivity index (χ1n) is 2.73. The third kappa shape index (κ3) is 0.719. The van der Waals surface area contributed by atoms with E-state index < -0.39 is 28.1 Å². The maximum absolute atomic E-state index is 10.1. The van der Waals surface area contributed by atoms with Gasteiger partial charge in [-0.1, -0.05) is 0 Å². The summed E-state index contributed by atoms with van der Waals surface area (Å²) in [6, 6.07) is 0. The van der Waals surface area contributed by atoms with Gasteiger partial charge in [-0.2, -0.15) is 4.74 Å². The van der Waals surface area contributed by atoms with E-state index in [1.54, 1.807) is 0 Å². The molecule has 0 radical (unpaired) electrons. The summed E-state index contributed by atoms with van der Waals surface area (Å²) in [5, 5.41) is 37.3. The van der Waals surface area contributed by atoms with Crippen molar-refractivity contribution in [2.45, 2.75) is 11.6 Å². The molecule has 0 aliphatic carbocycles. The van der Waals surface area contributed by atoms with Crippen LogP contribution in [0, 0.1) is 20.2 Å². The van der Waals surface area contributed by atoms with Gasteiger partial charge < -0.3 is 10.2 Å². The van der Waals surface area contributed by atoms with Crippen molar-refractivity contribution in [2.75, 3.05) is 6.61 Å². The van der Waals surface area contributed by atoms with E-state index in [-0.39, 0.29) is 0 Å².